The monoisotopic (exact) mass is 289 g/mol. The molecule has 0 aromatic rings. The van der Waals surface area contributed by atoms with Crippen LogP contribution < -0.4 is 5.32 Å². The maximum absolute atomic E-state index is 4.54. The molecule has 0 amide bonds. The summed E-state index contributed by atoms with van der Waals surface area (Å²) >= 11 is 0. The van der Waals surface area contributed by atoms with E-state index in [1.807, 2.05) is 13.0 Å². The number of nitrogens with one attached hydrogen (secondary N) is 1. The fourth-order valence-corrected chi connectivity index (χ4v) is 3.23. The number of likely N-dealkylation sites (tertiary alicyclic amines) is 2. The van der Waals surface area contributed by atoms with E-state index < -0.39 is 0 Å². The van der Waals surface area contributed by atoms with Gasteiger partial charge in [0, 0.05) is 25.7 Å². The summed E-state index contributed by atoms with van der Waals surface area (Å²) in [6, 6.07) is 0. The number of rotatable bonds is 4. The van der Waals surface area contributed by atoms with Crippen molar-refractivity contribution in [3.05, 3.63) is 24.6 Å². The Hall–Kier alpha value is -1.62. The van der Waals surface area contributed by atoms with E-state index in [1.54, 1.807) is 19.5 Å². The number of likely N-dealkylation sites (N-methyl/N-ethyl adjacent to an activating group) is 1. The zero-order chi connectivity index (χ0) is 15.3. The van der Waals surface area contributed by atoms with E-state index in [0.29, 0.717) is 5.54 Å². The summed E-state index contributed by atoms with van der Waals surface area (Å²) in [4.78, 5) is 13.5. The minimum atomic E-state index is 0.351. The molecule has 2 rings (SSSR count). The number of nitrogens with zero attached hydrogens (tertiary/aromatic N) is 4. The van der Waals surface area contributed by atoms with E-state index in [2.05, 4.69) is 38.7 Å². The van der Waals surface area contributed by atoms with Gasteiger partial charge in [0.25, 0.3) is 0 Å². The van der Waals surface area contributed by atoms with E-state index in [1.165, 1.54) is 25.8 Å². The van der Waals surface area contributed by atoms with Gasteiger partial charge >= 0.3 is 0 Å². The zero-order valence-electron chi connectivity index (χ0n) is 13.5. The van der Waals surface area contributed by atoms with Crippen LogP contribution in [0.15, 0.2) is 34.5 Å². The van der Waals surface area contributed by atoms with Crippen molar-refractivity contribution in [2.24, 2.45) is 9.98 Å². The summed E-state index contributed by atoms with van der Waals surface area (Å²) in [5, 5.41) is 3.06. The van der Waals surface area contributed by atoms with Gasteiger partial charge in [0.05, 0.1) is 12.2 Å². The van der Waals surface area contributed by atoms with Gasteiger partial charge < -0.3 is 10.2 Å². The van der Waals surface area contributed by atoms with Crippen LogP contribution in [0, 0.1) is 0 Å². The Morgan fingerprint density at radius 2 is 2.14 bits per heavy atom. The lowest BCUT2D eigenvalue weighted by molar-refractivity contribution is 0.181. The van der Waals surface area contributed by atoms with Crippen molar-refractivity contribution in [3.8, 4) is 0 Å². The van der Waals surface area contributed by atoms with Crippen LogP contribution in [-0.2, 0) is 0 Å². The second-order valence-corrected chi connectivity index (χ2v) is 5.89. The summed E-state index contributed by atoms with van der Waals surface area (Å²) in [5.41, 5.74) is 0.351. The molecule has 116 valence electrons. The second kappa shape index (κ2) is 6.89. The molecular formula is C16H27N5. The summed E-state index contributed by atoms with van der Waals surface area (Å²) < 4.78 is 0. The molecule has 0 saturated carbocycles. The zero-order valence-corrected chi connectivity index (χ0v) is 13.5. The number of hydrogen-bond acceptors (Lipinski definition) is 4. The van der Waals surface area contributed by atoms with Crippen LogP contribution >= 0.6 is 0 Å². The minimum absolute atomic E-state index is 0.351. The topological polar surface area (TPSA) is 43.2 Å². The third kappa shape index (κ3) is 3.53. The van der Waals surface area contributed by atoms with Crippen molar-refractivity contribution in [1.29, 1.82) is 0 Å². The molecule has 1 atom stereocenters. The van der Waals surface area contributed by atoms with Gasteiger partial charge in [0.2, 0.25) is 0 Å². The number of allylic oxidation sites excluding steroid dienone is 2. The van der Waals surface area contributed by atoms with E-state index in [9.17, 15) is 0 Å². The predicted octanol–water partition coefficient (Wildman–Crippen LogP) is 1.85. The fourth-order valence-electron chi connectivity index (χ4n) is 3.23. The first kappa shape index (κ1) is 15.8. The molecule has 21 heavy (non-hydrogen) atoms. The first-order valence-electron chi connectivity index (χ1n) is 7.63. The molecule has 2 heterocycles. The highest BCUT2D eigenvalue weighted by Crippen LogP contribution is 2.37. The van der Waals surface area contributed by atoms with Crippen molar-refractivity contribution in [2.75, 3.05) is 33.7 Å². The summed E-state index contributed by atoms with van der Waals surface area (Å²) in [7, 11) is 4.01. The third-order valence-electron chi connectivity index (χ3n) is 4.67. The molecule has 2 fully saturated rings. The molecule has 5 heteroatoms. The smallest absolute Gasteiger partial charge is 0.130 e. The molecule has 1 spiro atoms. The number of hydrogen-bond donors (Lipinski definition) is 1. The van der Waals surface area contributed by atoms with Gasteiger partial charge in [0.1, 0.15) is 5.82 Å². The maximum atomic E-state index is 4.54. The van der Waals surface area contributed by atoms with Crippen molar-refractivity contribution >= 4 is 12.2 Å². The first-order chi connectivity index (χ1) is 10.1. The Kier molecular flexibility index (Phi) is 5.17. The molecule has 0 aliphatic carbocycles. The minimum Gasteiger partial charge on any atom is -0.355 e. The molecule has 0 aromatic carbocycles. The highest BCUT2D eigenvalue weighted by molar-refractivity contribution is 5.89. The van der Waals surface area contributed by atoms with Crippen molar-refractivity contribution in [2.45, 2.75) is 31.7 Å². The third-order valence-corrected chi connectivity index (χ3v) is 4.67. The number of amidine groups is 1. The van der Waals surface area contributed by atoms with Crippen LogP contribution in [0.4, 0.5) is 0 Å². The normalized spacial score (nSPS) is 28.0. The fraction of sp³-hybridized carbons (Fsp3) is 0.625. The Labute approximate surface area is 128 Å². The predicted molar refractivity (Wildman–Crippen MR) is 89.7 cm³/mol. The van der Waals surface area contributed by atoms with Crippen LogP contribution in [-0.4, -0.2) is 61.2 Å². The molecule has 2 aliphatic rings. The van der Waals surface area contributed by atoms with E-state index in [-0.39, 0.29) is 0 Å². The second-order valence-electron chi connectivity index (χ2n) is 5.89. The Balaban J connectivity index is 2.03. The van der Waals surface area contributed by atoms with Crippen LogP contribution in [0.3, 0.4) is 0 Å². The molecule has 0 bridgehead atoms. The average Bonchev–Trinajstić information content (AvgIpc) is 3.06. The van der Waals surface area contributed by atoms with E-state index in [4.69, 9.17) is 0 Å². The standard InChI is InChI=1S/C16H27N5/c1-5-7-15(19-13-18-14(2)17-3)21-11-9-16(12-21)8-6-10-20(16)4/h5,7,13H,1,6,8-12H2,2-4H3,(H,17,18,19)/b15-7-. The van der Waals surface area contributed by atoms with Gasteiger partial charge in [0.15, 0.2) is 0 Å². The highest BCUT2D eigenvalue weighted by atomic mass is 15.3. The van der Waals surface area contributed by atoms with Crippen LogP contribution in [0.25, 0.3) is 0 Å². The molecule has 2 aliphatic heterocycles. The Bertz CT molecular complexity index is 465. The van der Waals surface area contributed by atoms with Gasteiger partial charge in [-0.2, -0.15) is 0 Å². The molecule has 0 aromatic heterocycles. The van der Waals surface area contributed by atoms with Crippen LogP contribution in [0.1, 0.15) is 26.2 Å². The molecule has 5 nitrogen and oxygen atoms in total. The van der Waals surface area contributed by atoms with Crippen molar-refractivity contribution in [3.63, 3.8) is 0 Å². The van der Waals surface area contributed by atoms with Crippen molar-refractivity contribution in [1.82, 2.24) is 15.1 Å². The first-order valence-corrected chi connectivity index (χ1v) is 7.63. The Morgan fingerprint density at radius 3 is 2.76 bits per heavy atom. The average molecular weight is 289 g/mol. The largest absolute Gasteiger partial charge is 0.355 e. The Morgan fingerprint density at radius 1 is 1.33 bits per heavy atom. The quantitative estimate of drug-likeness (QED) is 0.488. The lowest BCUT2D eigenvalue weighted by Gasteiger charge is -2.32. The van der Waals surface area contributed by atoms with E-state index in [0.717, 1.165) is 24.7 Å². The molecule has 1 N–H and O–H groups in total. The van der Waals surface area contributed by atoms with Gasteiger partial charge in [-0.25, -0.2) is 4.99 Å². The summed E-state index contributed by atoms with van der Waals surface area (Å²) in [6.45, 7) is 9.05. The van der Waals surface area contributed by atoms with Crippen LogP contribution in [0.5, 0.6) is 0 Å². The van der Waals surface area contributed by atoms with E-state index >= 15 is 0 Å². The lowest BCUT2D eigenvalue weighted by Crippen LogP contribution is -2.43. The highest BCUT2D eigenvalue weighted by Gasteiger charge is 2.44. The molecular weight excluding hydrogens is 262 g/mol. The van der Waals surface area contributed by atoms with Gasteiger partial charge in [-0.15, -0.1) is 0 Å². The van der Waals surface area contributed by atoms with Crippen LogP contribution in [0.2, 0.25) is 0 Å². The van der Waals surface area contributed by atoms with Gasteiger partial charge in [-0.3, -0.25) is 9.89 Å². The molecule has 0 radical (unpaired) electrons. The molecule has 1 unspecified atom stereocenters. The lowest BCUT2D eigenvalue weighted by atomic mass is 9.96. The number of aliphatic imine (C=N–C) groups is 2. The van der Waals surface area contributed by atoms with Gasteiger partial charge in [-0.05, 0) is 45.9 Å². The summed E-state index contributed by atoms with van der Waals surface area (Å²) in [5.74, 6) is 1.82. The van der Waals surface area contributed by atoms with Gasteiger partial charge in [-0.1, -0.05) is 12.7 Å². The molecule has 2 saturated heterocycles. The SMILES string of the molecule is C=C/C=C(/N=CNC(C)=NC)N1CCC2(CCCN2C)C1. The summed E-state index contributed by atoms with van der Waals surface area (Å²) in [6.07, 6.45) is 9.31. The van der Waals surface area contributed by atoms with Crippen molar-refractivity contribution < 1.29 is 0 Å². The maximum Gasteiger partial charge on any atom is 0.130 e.